The molecule has 0 spiro atoms. The number of anilines is 1. The second kappa shape index (κ2) is 4.72. The molecule has 0 aromatic heterocycles. The number of aromatic carboxylic acids is 1. The van der Waals surface area contributed by atoms with Crippen LogP contribution in [0.5, 0.6) is 0 Å². The number of carboxylic acid groups (broad SMARTS) is 1. The first-order valence-electron chi connectivity index (χ1n) is 6.89. The molecule has 3 rings (SSSR count). The number of hydrogen-bond donors (Lipinski definition) is 2. The zero-order valence-corrected chi connectivity index (χ0v) is 11.1. The van der Waals surface area contributed by atoms with Crippen LogP contribution in [0.25, 0.3) is 0 Å². The van der Waals surface area contributed by atoms with E-state index in [1.54, 1.807) is 12.1 Å². The molecule has 0 radical (unpaired) electrons. The fourth-order valence-corrected chi connectivity index (χ4v) is 3.32. The topological polar surface area (TPSA) is 49.3 Å². The van der Waals surface area contributed by atoms with E-state index in [4.69, 9.17) is 5.11 Å². The van der Waals surface area contributed by atoms with E-state index in [9.17, 15) is 4.79 Å². The monoisotopic (exact) mass is 257 g/mol. The lowest BCUT2D eigenvalue weighted by atomic mass is 9.93. The Balaban J connectivity index is 1.68. The van der Waals surface area contributed by atoms with Crippen molar-refractivity contribution in [2.45, 2.75) is 19.8 Å². The molecule has 0 saturated heterocycles. The predicted octanol–water partition coefficient (Wildman–Crippen LogP) is 3.32. The Hall–Kier alpha value is -1.77. The lowest BCUT2D eigenvalue weighted by Gasteiger charge is -2.20. The van der Waals surface area contributed by atoms with Gasteiger partial charge in [0.1, 0.15) is 0 Å². The largest absolute Gasteiger partial charge is 0.478 e. The zero-order valence-electron chi connectivity index (χ0n) is 11.1. The lowest BCUT2D eigenvalue weighted by Crippen LogP contribution is -2.18. The molecule has 1 saturated carbocycles. The minimum Gasteiger partial charge on any atom is -0.478 e. The molecule has 1 aromatic carbocycles. The summed E-state index contributed by atoms with van der Waals surface area (Å²) in [6, 6.07) is 5.26. The molecule has 0 aliphatic heterocycles. The Labute approximate surface area is 113 Å². The van der Waals surface area contributed by atoms with E-state index in [1.807, 2.05) is 13.0 Å². The van der Waals surface area contributed by atoms with Gasteiger partial charge in [0, 0.05) is 12.2 Å². The van der Waals surface area contributed by atoms with Crippen LogP contribution in [-0.4, -0.2) is 17.6 Å². The summed E-state index contributed by atoms with van der Waals surface area (Å²) in [5.74, 6) is 1.33. The van der Waals surface area contributed by atoms with Gasteiger partial charge in [0.2, 0.25) is 0 Å². The SMILES string of the molecule is Cc1ccc(C(=O)O)cc1NCC1CC2C=CC1C2. The van der Waals surface area contributed by atoms with Crippen LogP contribution in [0.4, 0.5) is 5.69 Å². The second-order valence-electron chi connectivity index (χ2n) is 5.76. The second-order valence-corrected chi connectivity index (χ2v) is 5.76. The summed E-state index contributed by atoms with van der Waals surface area (Å²) in [6.45, 7) is 2.95. The molecule has 3 nitrogen and oxygen atoms in total. The number of carbonyl (C=O) groups is 1. The van der Waals surface area contributed by atoms with Crippen molar-refractivity contribution in [1.29, 1.82) is 0 Å². The number of aryl methyl sites for hydroxylation is 1. The predicted molar refractivity (Wildman–Crippen MR) is 75.5 cm³/mol. The smallest absolute Gasteiger partial charge is 0.335 e. The van der Waals surface area contributed by atoms with Gasteiger partial charge in [-0.05, 0) is 55.2 Å². The minimum absolute atomic E-state index is 0.348. The highest BCUT2D eigenvalue weighted by atomic mass is 16.4. The van der Waals surface area contributed by atoms with Crippen LogP contribution in [0, 0.1) is 24.7 Å². The molecule has 1 aromatic rings. The molecular weight excluding hydrogens is 238 g/mol. The first-order valence-corrected chi connectivity index (χ1v) is 6.89. The summed E-state index contributed by atoms with van der Waals surface area (Å²) in [5, 5.41) is 12.5. The van der Waals surface area contributed by atoms with Gasteiger partial charge >= 0.3 is 5.97 Å². The van der Waals surface area contributed by atoms with Crippen LogP contribution >= 0.6 is 0 Å². The summed E-state index contributed by atoms with van der Waals surface area (Å²) in [4.78, 5) is 11.0. The normalized spacial score (nSPS) is 27.7. The maximum Gasteiger partial charge on any atom is 0.335 e. The molecule has 2 N–H and O–H groups in total. The number of hydrogen-bond acceptors (Lipinski definition) is 2. The highest BCUT2D eigenvalue weighted by Gasteiger charge is 2.35. The molecule has 3 heteroatoms. The quantitative estimate of drug-likeness (QED) is 0.813. The van der Waals surface area contributed by atoms with Crippen LogP contribution < -0.4 is 5.32 Å². The third-order valence-corrected chi connectivity index (χ3v) is 4.46. The third kappa shape index (κ3) is 2.37. The van der Waals surface area contributed by atoms with E-state index in [-0.39, 0.29) is 0 Å². The highest BCUT2D eigenvalue weighted by molar-refractivity contribution is 5.89. The van der Waals surface area contributed by atoms with E-state index in [0.29, 0.717) is 11.5 Å². The first-order chi connectivity index (χ1) is 9.13. The molecule has 2 aliphatic carbocycles. The van der Waals surface area contributed by atoms with Gasteiger partial charge in [-0.25, -0.2) is 4.79 Å². The van der Waals surface area contributed by atoms with Crippen LogP contribution in [0.2, 0.25) is 0 Å². The van der Waals surface area contributed by atoms with Crippen LogP contribution in [0.3, 0.4) is 0 Å². The van der Waals surface area contributed by atoms with E-state index in [2.05, 4.69) is 17.5 Å². The van der Waals surface area contributed by atoms with Crippen molar-refractivity contribution in [1.82, 2.24) is 0 Å². The molecule has 1 fully saturated rings. The van der Waals surface area contributed by atoms with Gasteiger partial charge in [-0.15, -0.1) is 0 Å². The highest BCUT2D eigenvalue weighted by Crippen LogP contribution is 2.43. The van der Waals surface area contributed by atoms with Gasteiger partial charge in [0.05, 0.1) is 5.56 Å². The fraction of sp³-hybridized carbons (Fsp3) is 0.438. The van der Waals surface area contributed by atoms with Crippen molar-refractivity contribution in [2.24, 2.45) is 17.8 Å². The first kappa shape index (κ1) is 12.3. The van der Waals surface area contributed by atoms with Gasteiger partial charge in [-0.1, -0.05) is 18.2 Å². The minimum atomic E-state index is -0.870. The van der Waals surface area contributed by atoms with Crippen molar-refractivity contribution in [3.8, 4) is 0 Å². The maximum absolute atomic E-state index is 11.0. The van der Waals surface area contributed by atoms with Crippen molar-refractivity contribution >= 4 is 11.7 Å². The lowest BCUT2D eigenvalue weighted by molar-refractivity contribution is 0.0697. The van der Waals surface area contributed by atoms with Crippen molar-refractivity contribution in [3.05, 3.63) is 41.5 Å². The standard InChI is InChI=1S/C16H19NO2/c1-10-2-4-13(16(18)19)8-15(10)17-9-14-7-11-3-5-12(14)6-11/h2-5,8,11-12,14,17H,6-7,9H2,1H3,(H,18,19). The number of carboxylic acids is 1. The van der Waals surface area contributed by atoms with E-state index < -0.39 is 5.97 Å². The maximum atomic E-state index is 11.0. The molecular formula is C16H19NO2. The summed E-state index contributed by atoms with van der Waals surface area (Å²) >= 11 is 0. The van der Waals surface area contributed by atoms with E-state index >= 15 is 0 Å². The van der Waals surface area contributed by atoms with Gasteiger partial charge in [-0.3, -0.25) is 0 Å². The summed E-state index contributed by atoms with van der Waals surface area (Å²) in [5.41, 5.74) is 2.40. The summed E-state index contributed by atoms with van der Waals surface area (Å²) in [6.07, 6.45) is 7.27. The number of fused-ring (bicyclic) bond motifs is 2. The molecule has 3 atom stereocenters. The molecule has 0 heterocycles. The summed E-state index contributed by atoms with van der Waals surface area (Å²) in [7, 11) is 0. The number of nitrogens with one attached hydrogen (secondary N) is 1. The number of rotatable bonds is 4. The van der Waals surface area contributed by atoms with Crippen LogP contribution in [0.1, 0.15) is 28.8 Å². The van der Waals surface area contributed by atoms with E-state index in [0.717, 1.165) is 29.6 Å². The van der Waals surface area contributed by atoms with Gasteiger partial charge in [0.15, 0.2) is 0 Å². The molecule has 19 heavy (non-hydrogen) atoms. The zero-order chi connectivity index (χ0) is 13.4. The molecule has 100 valence electrons. The average molecular weight is 257 g/mol. The van der Waals surface area contributed by atoms with Crippen molar-refractivity contribution in [3.63, 3.8) is 0 Å². The Morgan fingerprint density at radius 1 is 1.37 bits per heavy atom. The molecule has 2 aliphatic rings. The molecule has 3 unspecified atom stereocenters. The van der Waals surface area contributed by atoms with Crippen molar-refractivity contribution < 1.29 is 9.90 Å². The van der Waals surface area contributed by atoms with Crippen LogP contribution in [0.15, 0.2) is 30.4 Å². The van der Waals surface area contributed by atoms with E-state index in [1.165, 1.54) is 12.8 Å². The average Bonchev–Trinajstić information content (AvgIpc) is 2.99. The number of benzene rings is 1. The molecule has 0 amide bonds. The Morgan fingerprint density at radius 3 is 2.84 bits per heavy atom. The Morgan fingerprint density at radius 2 is 2.21 bits per heavy atom. The van der Waals surface area contributed by atoms with Crippen molar-refractivity contribution in [2.75, 3.05) is 11.9 Å². The molecule has 2 bridgehead atoms. The fourth-order valence-electron chi connectivity index (χ4n) is 3.32. The number of allylic oxidation sites excluding steroid dienone is 2. The van der Waals surface area contributed by atoms with Gasteiger partial charge < -0.3 is 10.4 Å². The Bertz CT molecular complexity index is 536. The third-order valence-electron chi connectivity index (χ3n) is 4.46. The van der Waals surface area contributed by atoms with Crippen LogP contribution in [-0.2, 0) is 0 Å². The summed E-state index contributed by atoms with van der Waals surface area (Å²) < 4.78 is 0. The Kier molecular flexibility index (Phi) is 3.05. The van der Waals surface area contributed by atoms with Gasteiger partial charge in [0.25, 0.3) is 0 Å². The van der Waals surface area contributed by atoms with Gasteiger partial charge in [-0.2, -0.15) is 0 Å².